The lowest BCUT2D eigenvalue weighted by molar-refractivity contribution is -0.122. The van der Waals surface area contributed by atoms with Gasteiger partial charge >= 0.3 is 0 Å². The summed E-state index contributed by atoms with van der Waals surface area (Å²) in [5, 5.41) is 2.89. The third kappa shape index (κ3) is 5.14. The molecule has 1 rings (SSSR count). The SMILES string of the molecule is COC[C@@H](C)NC(=O)CC[C@@H]1CCCO1. The Hall–Kier alpha value is -0.610. The van der Waals surface area contributed by atoms with Gasteiger partial charge in [-0.05, 0) is 26.2 Å². The van der Waals surface area contributed by atoms with Gasteiger partial charge in [-0.15, -0.1) is 0 Å². The zero-order valence-electron chi connectivity index (χ0n) is 9.62. The quantitative estimate of drug-likeness (QED) is 0.721. The Morgan fingerprint density at radius 1 is 1.67 bits per heavy atom. The van der Waals surface area contributed by atoms with Crippen LogP contribution in [0.25, 0.3) is 0 Å². The van der Waals surface area contributed by atoms with Crippen molar-refractivity contribution >= 4 is 5.91 Å². The van der Waals surface area contributed by atoms with Gasteiger partial charge in [-0.2, -0.15) is 0 Å². The van der Waals surface area contributed by atoms with Crippen LogP contribution in [0.2, 0.25) is 0 Å². The van der Waals surface area contributed by atoms with E-state index < -0.39 is 0 Å². The lowest BCUT2D eigenvalue weighted by Gasteiger charge is -2.13. The average molecular weight is 215 g/mol. The number of methoxy groups -OCH3 is 1. The van der Waals surface area contributed by atoms with Gasteiger partial charge in [0.15, 0.2) is 0 Å². The van der Waals surface area contributed by atoms with Crippen LogP contribution in [0.1, 0.15) is 32.6 Å². The van der Waals surface area contributed by atoms with E-state index >= 15 is 0 Å². The Bertz CT molecular complexity index is 190. The molecule has 15 heavy (non-hydrogen) atoms. The summed E-state index contributed by atoms with van der Waals surface area (Å²) >= 11 is 0. The van der Waals surface area contributed by atoms with Gasteiger partial charge in [-0.1, -0.05) is 0 Å². The molecule has 0 aromatic carbocycles. The first-order valence-electron chi connectivity index (χ1n) is 5.62. The molecule has 0 saturated carbocycles. The number of carbonyl (C=O) groups is 1. The van der Waals surface area contributed by atoms with Crippen molar-refractivity contribution in [1.82, 2.24) is 5.32 Å². The molecular weight excluding hydrogens is 194 g/mol. The average Bonchev–Trinajstić information content (AvgIpc) is 2.67. The third-order valence-electron chi connectivity index (χ3n) is 2.54. The first-order valence-corrected chi connectivity index (χ1v) is 5.62. The van der Waals surface area contributed by atoms with Gasteiger partial charge in [0.1, 0.15) is 0 Å². The fourth-order valence-corrected chi connectivity index (χ4v) is 1.80. The summed E-state index contributed by atoms with van der Waals surface area (Å²) in [6.07, 6.45) is 3.92. The van der Waals surface area contributed by atoms with E-state index in [4.69, 9.17) is 9.47 Å². The van der Waals surface area contributed by atoms with Gasteiger partial charge in [0.25, 0.3) is 0 Å². The molecule has 2 atom stereocenters. The molecule has 1 saturated heterocycles. The maximum atomic E-state index is 11.5. The van der Waals surface area contributed by atoms with Gasteiger partial charge in [-0.3, -0.25) is 4.79 Å². The minimum absolute atomic E-state index is 0.0898. The first-order chi connectivity index (χ1) is 7.22. The summed E-state index contributed by atoms with van der Waals surface area (Å²) in [5.74, 6) is 0.0926. The summed E-state index contributed by atoms with van der Waals surface area (Å²) in [5.41, 5.74) is 0. The summed E-state index contributed by atoms with van der Waals surface area (Å²) < 4.78 is 10.4. The van der Waals surface area contributed by atoms with Crippen LogP contribution < -0.4 is 5.32 Å². The van der Waals surface area contributed by atoms with Crippen LogP contribution in [-0.4, -0.2) is 38.4 Å². The van der Waals surface area contributed by atoms with Gasteiger partial charge in [-0.25, -0.2) is 0 Å². The second kappa shape index (κ2) is 6.80. The number of rotatable bonds is 6. The summed E-state index contributed by atoms with van der Waals surface area (Å²) in [6, 6.07) is 0.0898. The van der Waals surface area contributed by atoms with E-state index in [2.05, 4.69) is 5.32 Å². The van der Waals surface area contributed by atoms with Crippen molar-refractivity contribution in [1.29, 1.82) is 0 Å². The molecule has 88 valence electrons. The summed E-state index contributed by atoms with van der Waals surface area (Å²) in [7, 11) is 1.63. The Balaban J connectivity index is 2.07. The highest BCUT2D eigenvalue weighted by Crippen LogP contribution is 2.16. The van der Waals surface area contributed by atoms with E-state index in [0.717, 1.165) is 25.9 Å². The second-order valence-electron chi connectivity index (χ2n) is 4.10. The van der Waals surface area contributed by atoms with Crippen molar-refractivity contribution in [2.75, 3.05) is 20.3 Å². The fourth-order valence-electron chi connectivity index (χ4n) is 1.80. The van der Waals surface area contributed by atoms with Gasteiger partial charge in [0.2, 0.25) is 5.91 Å². The van der Waals surface area contributed by atoms with Crippen LogP contribution in [0.3, 0.4) is 0 Å². The van der Waals surface area contributed by atoms with Crippen LogP contribution in [-0.2, 0) is 14.3 Å². The highest BCUT2D eigenvalue weighted by atomic mass is 16.5. The predicted molar refractivity (Wildman–Crippen MR) is 57.7 cm³/mol. The zero-order valence-corrected chi connectivity index (χ0v) is 9.62. The second-order valence-corrected chi connectivity index (χ2v) is 4.10. The third-order valence-corrected chi connectivity index (χ3v) is 2.54. The summed E-state index contributed by atoms with van der Waals surface area (Å²) in [4.78, 5) is 11.5. The van der Waals surface area contributed by atoms with Gasteiger partial charge < -0.3 is 14.8 Å². The highest BCUT2D eigenvalue weighted by molar-refractivity contribution is 5.76. The number of carbonyl (C=O) groups excluding carboxylic acids is 1. The minimum Gasteiger partial charge on any atom is -0.383 e. The molecule has 0 aromatic rings. The van der Waals surface area contributed by atoms with Crippen molar-refractivity contribution in [3.63, 3.8) is 0 Å². The maximum Gasteiger partial charge on any atom is 0.220 e. The Morgan fingerprint density at radius 2 is 2.47 bits per heavy atom. The molecular formula is C11H21NO3. The van der Waals surface area contributed by atoms with E-state index in [0.29, 0.717) is 19.1 Å². The molecule has 1 fully saturated rings. The Kier molecular flexibility index (Phi) is 5.65. The molecule has 1 heterocycles. The smallest absolute Gasteiger partial charge is 0.220 e. The largest absolute Gasteiger partial charge is 0.383 e. The normalized spacial score (nSPS) is 22.7. The molecule has 4 heteroatoms. The number of hydrogen-bond acceptors (Lipinski definition) is 3. The number of hydrogen-bond donors (Lipinski definition) is 1. The number of ether oxygens (including phenoxy) is 2. The molecule has 1 amide bonds. The lowest BCUT2D eigenvalue weighted by atomic mass is 10.1. The topological polar surface area (TPSA) is 47.6 Å². The molecule has 0 aliphatic carbocycles. The molecule has 0 unspecified atom stereocenters. The molecule has 0 bridgehead atoms. The zero-order chi connectivity index (χ0) is 11.1. The van der Waals surface area contributed by atoms with Gasteiger partial charge in [0.05, 0.1) is 12.7 Å². The van der Waals surface area contributed by atoms with Crippen LogP contribution in [0.15, 0.2) is 0 Å². The van der Waals surface area contributed by atoms with E-state index in [1.165, 1.54) is 0 Å². The molecule has 1 N–H and O–H groups in total. The van der Waals surface area contributed by atoms with E-state index in [9.17, 15) is 4.79 Å². The molecule has 4 nitrogen and oxygen atoms in total. The summed E-state index contributed by atoms with van der Waals surface area (Å²) in [6.45, 7) is 3.35. The van der Waals surface area contributed by atoms with E-state index in [-0.39, 0.29) is 11.9 Å². The molecule has 1 aliphatic heterocycles. The minimum atomic E-state index is 0.0898. The first kappa shape index (κ1) is 12.5. The lowest BCUT2D eigenvalue weighted by Crippen LogP contribution is -2.35. The van der Waals surface area contributed by atoms with Crippen molar-refractivity contribution in [2.45, 2.75) is 44.8 Å². The Labute approximate surface area is 91.3 Å². The van der Waals surface area contributed by atoms with Crippen molar-refractivity contribution in [3.8, 4) is 0 Å². The monoisotopic (exact) mass is 215 g/mol. The van der Waals surface area contributed by atoms with E-state index in [1.807, 2.05) is 6.92 Å². The van der Waals surface area contributed by atoms with E-state index in [1.54, 1.807) is 7.11 Å². The Morgan fingerprint density at radius 3 is 3.07 bits per heavy atom. The highest BCUT2D eigenvalue weighted by Gasteiger charge is 2.17. The molecule has 0 aromatic heterocycles. The van der Waals surface area contributed by atoms with Crippen molar-refractivity contribution in [3.05, 3.63) is 0 Å². The molecule has 0 spiro atoms. The maximum absolute atomic E-state index is 11.5. The predicted octanol–water partition coefficient (Wildman–Crippen LogP) is 1.10. The fraction of sp³-hybridized carbons (Fsp3) is 0.909. The van der Waals surface area contributed by atoms with Crippen LogP contribution >= 0.6 is 0 Å². The number of amides is 1. The van der Waals surface area contributed by atoms with Crippen molar-refractivity contribution in [2.24, 2.45) is 0 Å². The van der Waals surface area contributed by atoms with Crippen LogP contribution in [0.4, 0.5) is 0 Å². The van der Waals surface area contributed by atoms with Crippen LogP contribution in [0, 0.1) is 0 Å². The molecule has 0 radical (unpaired) electrons. The van der Waals surface area contributed by atoms with Gasteiger partial charge in [0, 0.05) is 26.2 Å². The standard InChI is InChI=1S/C11H21NO3/c1-9(8-14-2)12-11(13)6-5-10-4-3-7-15-10/h9-10H,3-8H2,1-2H3,(H,12,13)/t9-,10+/m1/s1. The molecule has 1 aliphatic rings. The van der Waals surface area contributed by atoms with Crippen molar-refractivity contribution < 1.29 is 14.3 Å². The number of nitrogens with one attached hydrogen (secondary N) is 1. The van der Waals surface area contributed by atoms with Crippen LogP contribution in [0.5, 0.6) is 0 Å².